The first-order valence-electron chi connectivity index (χ1n) is 13.6. The number of nitrogens with two attached hydrogens (primary N) is 1. The standard InChI is InChI=1S/C27H30N6O3/c1-27(2,3)36-26(34)32-15-7-8-19(16-32)33-25-22(24(28)29-17-30-25)23(31-33)18-11-13-21(14-12-18)35-20-9-5-4-6-10-20/h4-6,9-14,17,19H,7-8,15-16H2,1-3H3,(H2,28,29,30)/t19-/m1/s1/i15D2,16D2. The number of para-hydroxylation sites is 1. The summed E-state index contributed by atoms with van der Waals surface area (Å²) in [6.07, 6.45) is 0.0781. The molecule has 3 heterocycles. The largest absolute Gasteiger partial charge is 0.457 e. The number of benzene rings is 2. The summed E-state index contributed by atoms with van der Waals surface area (Å²) in [5.41, 5.74) is 6.68. The van der Waals surface area contributed by atoms with Crippen molar-refractivity contribution < 1.29 is 19.8 Å². The number of anilines is 1. The van der Waals surface area contributed by atoms with Gasteiger partial charge in [-0.2, -0.15) is 5.10 Å². The summed E-state index contributed by atoms with van der Waals surface area (Å²) in [6.45, 7) is 0.117. The third-order valence-corrected chi connectivity index (χ3v) is 5.46. The highest BCUT2D eigenvalue weighted by atomic mass is 16.6. The van der Waals surface area contributed by atoms with E-state index in [-0.39, 0.29) is 24.3 Å². The third kappa shape index (κ3) is 4.95. The molecule has 4 aromatic rings. The molecule has 1 amide bonds. The van der Waals surface area contributed by atoms with Crippen molar-refractivity contribution in [2.24, 2.45) is 0 Å². The molecule has 0 spiro atoms. The van der Waals surface area contributed by atoms with E-state index in [1.807, 2.05) is 30.3 Å². The number of nitrogen functional groups attached to an aromatic ring is 1. The first-order valence-corrected chi connectivity index (χ1v) is 11.6. The van der Waals surface area contributed by atoms with Crippen LogP contribution in [-0.4, -0.2) is 49.3 Å². The number of fused-ring (bicyclic) bond motifs is 1. The van der Waals surface area contributed by atoms with Crippen molar-refractivity contribution >= 4 is 22.9 Å². The van der Waals surface area contributed by atoms with Crippen molar-refractivity contribution in [1.82, 2.24) is 24.6 Å². The molecular weight excluding hydrogens is 456 g/mol. The van der Waals surface area contributed by atoms with Gasteiger partial charge in [0.2, 0.25) is 0 Å². The highest BCUT2D eigenvalue weighted by molar-refractivity contribution is 5.98. The number of likely N-dealkylation sites (tertiary alicyclic amines) is 1. The molecule has 186 valence electrons. The van der Waals surface area contributed by atoms with Crippen LogP contribution in [0.2, 0.25) is 0 Å². The van der Waals surface area contributed by atoms with E-state index in [1.165, 1.54) is 11.0 Å². The van der Waals surface area contributed by atoms with Gasteiger partial charge in [0.05, 0.1) is 14.2 Å². The van der Waals surface area contributed by atoms with Gasteiger partial charge in [-0.1, -0.05) is 18.2 Å². The van der Waals surface area contributed by atoms with Crippen LogP contribution in [0.3, 0.4) is 0 Å². The van der Waals surface area contributed by atoms with Gasteiger partial charge in [0.25, 0.3) is 0 Å². The SMILES string of the molecule is [2H]C1([2H])CC[C@@H](n2nc(-c3ccc(Oc4ccccc4)cc3)c3c(N)ncnc32)C([2H])([2H])N1C(=O)OC(C)(C)C. The number of rotatable bonds is 4. The minimum atomic E-state index is -2.52. The maximum atomic E-state index is 13.1. The van der Waals surface area contributed by atoms with Crippen LogP contribution in [-0.2, 0) is 4.74 Å². The number of carbonyl (C=O) groups excluding carboxylic acids is 1. The Morgan fingerprint density at radius 2 is 1.81 bits per heavy atom. The molecule has 0 radical (unpaired) electrons. The highest BCUT2D eigenvalue weighted by Crippen LogP contribution is 2.35. The van der Waals surface area contributed by atoms with Gasteiger partial charge in [-0.25, -0.2) is 19.4 Å². The Labute approximate surface area is 215 Å². The Kier molecular flexibility index (Phi) is 5.03. The van der Waals surface area contributed by atoms with Gasteiger partial charge < -0.3 is 20.1 Å². The van der Waals surface area contributed by atoms with Gasteiger partial charge >= 0.3 is 6.09 Å². The smallest absolute Gasteiger partial charge is 0.410 e. The molecule has 1 fully saturated rings. The van der Waals surface area contributed by atoms with Crippen LogP contribution >= 0.6 is 0 Å². The maximum absolute atomic E-state index is 13.1. The number of carbonyl (C=O) groups is 1. The number of aromatic nitrogens is 4. The molecule has 2 N–H and O–H groups in total. The predicted octanol–water partition coefficient (Wildman–Crippen LogP) is 5.44. The van der Waals surface area contributed by atoms with Crippen molar-refractivity contribution in [1.29, 1.82) is 0 Å². The summed E-state index contributed by atoms with van der Waals surface area (Å²) in [6, 6.07) is 15.4. The van der Waals surface area contributed by atoms with E-state index >= 15 is 0 Å². The second-order valence-corrected chi connectivity index (χ2v) is 9.35. The molecule has 1 atom stereocenters. The zero-order chi connectivity index (χ0) is 28.9. The number of hydrogen-bond acceptors (Lipinski definition) is 7. The normalized spacial score (nSPS) is 20.6. The van der Waals surface area contributed by atoms with E-state index in [4.69, 9.17) is 25.8 Å². The van der Waals surface area contributed by atoms with Crippen molar-refractivity contribution in [3.8, 4) is 22.8 Å². The predicted molar refractivity (Wildman–Crippen MR) is 138 cm³/mol. The van der Waals surface area contributed by atoms with E-state index in [9.17, 15) is 4.79 Å². The number of hydrogen-bond donors (Lipinski definition) is 1. The quantitative estimate of drug-likeness (QED) is 0.406. The Morgan fingerprint density at radius 3 is 2.53 bits per heavy atom. The van der Waals surface area contributed by atoms with Crippen molar-refractivity contribution in [3.05, 3.63) is 60.9 Å². The molecule has 0 bridgehead atoms. The van der Waals surface area contributed by atoms with E-state index in [2.05, 4.69) is 9.97 Å². The summed E-state index contributed by atoms with van der Waals surface area (Å²) in [5, 5.41) is 5.15. The summed E-state index contributed by atoms with van der Waals surface area (Å²) < 4.78 is 47.4. The summed E-state index contributed by atoms with van der Waals surface area (Å²) >= 11 is 0. The summed E-state index contributed by atoms with van der Waals surface area (Å²) in [5.74, 6) is 1.46. The number of ether oxygens (including phenoxy) is 2. The van der Waals surface area contributed by atoms with Gasteiger partial charge in [-0.05, 0) is 70.0 Å². The van der Waals surface area contributed by atoms with Crippen molar-refractivity contribution in [2.75, 3.05) is 18.7 Å². The molecule has 2 aromatic heterocycles. The molecule has 1 aliphatic heterocycles. The molecule has 36 heavy (non-hydrogen) atoms. The van der Waals surface area contributed by atoms with Gasteiger partial charge in [0, 0.05) is 21.3 Å². The van der Waals surface area contributed by atoms with Crippen LogP contribution in [0.1, 0.15) is 45.1 Å². The Hall–Kier alpha value is -4.14. The Morgan fingerprint density at radius 1 is 1.08 bits per heavy atom. The maximum Gasteiger partial charge on any atom is 0.410 e. The molecule has 5 rings (SSSR count). The molecule has 0 saturated carbocycles. The summed E-state index contributed by atoms with van der Waals surface area (Å²) in [4.78, 5) is 22.1. The second kappa shape index (κ2) is 9.49. The fourth-order valence-electron chi connectivity index (χ4n) is 3.89. The number of amides is 1. The van der Waals surface area contributed by atoms with Gasteiger partial charge in [-0.15, -0.1) is 0 Å². The van der Waals surface area contributed by atoms with Crippen LogP contribution in [0, 0.1) is 0 Å². The fourth-order valence-corrected chi connectivity index (χ4v) is 3.89. The van der Waals surface area contributed by atoms with E-state index in [0.29, 0.717) is 33.0 Å². The van der Waals surface area contributed by atoms with Crippen LogP contribution in [0.25, 0.3) is 22.3 Å². The monoisotopic (exact) mass is 490 g/mol. The Balaban J connectivity index is 1.55. The van der Waals surface area contributed by atoms with Gasteiger partial charge in [-0.3, -0.25) is 0 Å². The van der Waals surface area contributed by atoms with E-state index in [1.54, 1.807) is 45.0 Å². The summed E-state index contributed by atoms with van der Waals surface area (Å²) in [7, 11) is 0. The average Bonchev–Trinajstić information content (AvgIpc) is 3.23. The Bertz CT molecular complexity index is 1540. The molecular formula is C27H30N6O3. The fraction of sp³-hybridized carbons (Fsp3) is 0.333. The lowest BCUT2D eigenvalue weighted by Crippen LogP contribution is -2.43. The molecule has 0 aliphatic carbocycles. The number of nitrogens with zero attached hydrogens (tertiary/aromatic N) is 5. The van der Waals surface area contributed by atoms with Crippen molar-refractivity contribution in [2.45, 2.75) is 45.3 Å². The topological polar surface area (TPSA) is 108 Å². The molecule has 2 aromatic carbocycles. The number of piperidine rings is 1. The minimum absolute atomic E-state index is 0.0449. The van der Waals surface area contributed by atoms with Crippen molar-refractivity contribution in [3.63, 3.8) is 0 Å². The zero-order valence-corrected chi connectivity index (χ0v) is 20.3. The lowest BCUT2D eigenvalue weighted by Gasteiger charge is -2.34. The first kappa shape index (κ1) is 19.1. The molecule has 0 unspecified atom stereocenters. The molecule has 1 aliphatic rings. The average molecular weight is 491 g/mol. The molecule has 9 heteroatoms. The second-order valence-electron chi connectivity index (χ2n) is 9.35. The van der Waals surface area contributed by atoms with Crippen LogP contribution in [0.5, 0.6) is 11.5 Å². The minimum Gasteiger partial charge on any atom is -0.457 e. The van der Waals surface area contributed by atoms with Gasteiger partial charge in [0.15, 0.2) is 5.65 Å². The molecule has 1 saturated heterocycles. The van der Waals surface area contributed by atoms with Crippen LogP contribution < -0.4 is 10.5 Å². The van der Waals surface area contributed by atoms with E-state index in [0.717, 1.165) is 0 Å². The van der Waals surface area contributed by atoms with E-state index < -0.39 is 30.7 Å². The molecule has 9 nitrogen and oxygen atoms in total. The van der Waals surface area contributed by atoms with Gasteiger partial charge in [0.1, 0.15) is 34.9 Å². The first-order chi connectivity index (χ1) is 18.8. The zero-order valence-electron chi connectivity index (χ0n) is 24.3. The van der Waals surface area contributed by atoms with Crippen LogP contribution in [0.4, 0.5) is 10.6 Å². The highest BCUT2D eigenvalue weighted by Gasteiger charge is 2.31. The third-order valence-electron chi connectivity index (χ3n) is 5.46. The lowest BCUT2D eigenvalue weighted by molar-refractivity contribution is 0.0169. The van der Waals surface area contributed by atoms with Crippen LogP contribution in [0.15, 0.2) is 60.9 Å². The lowest BCUT2D eigenvalue weighted by atomic mass is 10.1.